The molecule has 1 amide bonds. The van der Waals surface area contributed by atoms with Crippen LogP contribution in [0.25, 0.3) is 6.08 Å². The summed E-state index contributed by atoms with van der Waals surface area (Å²) in [6.07, 6.45) is 1.88. The molecule has 1 atom stereocenters. The van der Waals surface area contributed by atoms with E-state index in [1.165, 1.54) is 11.3 Å². The Morgan fingerprint density at radius 2 is 1.94 bits per heavy atom. The first kappa shape index (κ1) is 22.1. The number of nitrogens with zero attached hydrogens (tertiary/aromatic N) is 2. The minimum atomic E-state index is -0.638. The number of allylic oxidation sites excluding steroid dienone is 1. The summed E-state index contributed by atoms with van der Waals surface area (Å²) in [6.45, 7) is 1.81. The Hall–Kier alpha value is -3.75. The first-order valence-corrected chi connectivity index (χ1v) is 12.3. The van der Waals surface area contributed by atoms with E-state index in [-0.39, 0.29) is 11.5 Å². The maximum Gasteiger partial charge on any atom is 0.271 e. The Kier molecular flexibility index (Phi) is 6.00. The van der Waals surface area contributed by atoms with E-state index in [9.17, 15) is 9.59 Å². The third kappa shape index (κ3) is 4.13. The van der Waals surface area contributed by atoms with Crippen molar-refractivity contribution in [1.29, 1.82) is 0 Å². The molecule has 0 unspecified atom stereocenters. The molecule has 0 spiro atoms. The molecule has 1 aliphatic rings. The van der Waals surface area contributed by atoms with E-state index in [2.05, 4.69) is 10.3 Å². The predicted octanol–water partition coefficient (Wildman–Crippen LogP) is 3.94. The van der Waals surface area contributed by atoms with Crippen LogP contribution in [0.2, 0.25) is 0 Å². The average molecular weight is 488 g/mol. The number of para-hydroxylation sites is 1. The minimum absolute atomic E-state index is 0.178. The highest BCUT2D eigenvalue weighted by Gasteiger charge is 2.32. The number of aromatic nitrogens is 1. The van der Waals surface area contributed by atoms with Crippen LogP contribution in [0.4, 0.5) is 5.69 Å². The number of carbonyl (C=O) groups excluding carboxylic acids is 1. The number of thiophene rings is 1. The van der Waals surface area contributed by atoms with Crippen molar-refractivity contribution in [3.63, 3.8) is 0 Å². The van der Waals surface area contributed by atoms with Gasteiger partial charge >= 0.3 is 0 Å². The van der Waals surface area contributed by atoms with E-state index in [0.29, 0.717) is 32.0 Å². The SMILES string of the molecule is COc1cccc([C@@H]2C(C(=O)Nc3ccccc3)=C(C)N=c3s/c(=C\c4cccs4)c(=O)n32)c1. The molecule has 2 aromatic heterocycles. The van der Waals surface area contributed by atoms with Gasteiger partial charge in [0.15, 0.2) is 4.80 Å². The summed E-state index contributed by atoms with van der Waals surface area (Å²) < 4.78 is 7.62. The van der Waals surface area contributed by atoms with E-state index in [4.69, 9.17) is 4.74 Å². The molecule has 1 aliphatic heterocycles. The summed E-state index contributed by atoms with van der Waals surface area (Å²) >= 11 is 2.89. The molecule has 0 saturated heterocycles. The molecule has 0 radical (unpaired) electrons. The van der Waals surface area contributed by atoms with Crippen LogP contribution in [-0.2, 0) is 4.79 Å². The number of amides is 1. The van der Waals surface area contributed by atoms with Crippen LogP contribution in [0.3, 0.4) is 0 Å². The minimum Gasteiger partial charge on any atom is -0.497 e. The molecule has 6 nitrogen and oxygen atoms in total. The van der Waals surface area contributed by atoms with Crippen LogP contribution >= 0.6 is 22.7 Å². The second kappa shape index (κ2) is 9.24. The normalized spacial score (nSPS) is 15.6. The number of thiazole rings is 1. The Balaban J connectivity index is 1.70. The zero-order chi connectivity index (χ0) is 23.7. The number of fused-ring (bicyclic) bond motifs is 1. The van der Waals surface area contributed by atoms with Crippen molar-refractivity contribution in [2.75, 3.05) is 12.4 Å². The van der Waals surface area contributed by atoms with Crippen molar-refractivity contribution in [3.05, 3.63) is 114 Å². The van der Waals surface area contributed by atoms with Crippen LogP contribution in [0, 0.1) is 0 Å². The topological polar surface area (TPSA) is 72.7 Å². The molecule has 8 heteroatoms. The standard InChI is InChI=1S/C26H21N3O3S2/c1-16-22(24(30)28-18-9-4-3-5-10-18)23(17-8-6-11-19(14-17)32-2)29-25(31)21(34-26(29)27-16)15-20-12-7-13-33-20/h3-15,23H,1-2H3,(H,28,30)/b21-15-/t23-/m1/s1. The maximum atomic E-state index is 13.6. The van der Waals surface area contributed by atoms with Crippen molar-refractivity contribution < 1.29 is 9.53 Å². The zero-order valence-corrected chi connectivity index (χ0v) is 20.2. The molecule has 2 aromatic carbocycles. The van der Waals surface area contributed by atoms with Gasteiger partial charge in [0.2, 0.25) is 0 Å². The molecule has 5 rings (SSSR count). The first-order chi connectivity index (χ1) is 16.5. The highest BCUT2D eigenvalue weighted by molar-refractivity contribution is 7.11. The molecule has 0 saturated carbocycles. The van der Waals surface area contributed by atoms with Gasteiger partial charge in [-0.3, -0.25) is 14.2 Å². The lowest BCUT2D eigenvalue weighted by Gasteiger charge is -2.25. The number of rotatable bonds is 5. The lowest BCUT2D eigenvalue weighted by Crippen LogP contribution is -2.40. The van der Waals surface area contributed by atoms with Gasteiger partial charge in [-0.15, -0.1) is 11.3 Å². The van der Waals surface area contributed by atoms with Crippen LogP contribution in [-0.4, -0.2) is 17.6 Å². The van der Waals surface area contributed by atoms with Crippen molar-refractivity contribution in [2.45, 2.75) is 13.0 Å². The number of hydrogen-bond donors (Lipinski definition) is 1. The van der Waals surface area contributed by atoms with Gasteiger partial charge in [0.1, 0.15) is 5.75 Å². The molecule has 0 aliphatic carbocycles. The van der Waals surface area contributed by atoms with E-state index in [0.717, 1.165) is 10.4 Å². The van der Waals surface area contributed by atoms with E-state index in [1.54, 1.807) is 23.0 Å². The summed E-state index contributed by atoms with van der Waals surface area (Å²) in [5.74, 6) is 0.350. The average Bonchev–Trinajstić information content (AvgIpc) is 3.47. The summed E-state index contributed by atoms with van der Waals surface area (Å²) in [6, 6.07) is 20.0. The Morgan fingerprint density at radius 1 is 1.12 bits per heavy atom. The fraction of sp³-hybridized carbons (Fsp3) is 0.115. The molecule has 0 fully saturated rings. The summed E-state index contributed by atoms with van der Waals surface area (Å²) in [5.41, 5.74) is 2.27. The molecule has 4 aromatic rings. The van der Waals surface area contributed by atoms with E-state index >= 15 is 0 Å². The second-order valence-corrected chi connectivity index (χ2v) is 9.68. The summed E-state index contributed by atoms with van der Waals surface area (Å²) in [5, 5.41) is 4.93. The molecule has 170 valence electrons. The molecular weight excluding hydrogens is 466 g/mol. The number of hydrogen-bond acceptors (Lipinski definition) is 6. The maximum absolute atomic E-state index is 13.6. The van der Waals surface area contributed by atoms with Gasteiger partial charge < -0.3 is 10.1 Å². The van der Waals surface area contributed by atoms with Crippen LogP contribution < -0.4 is 24.9 Å². The Labute approximate surface area is 203 Å². The van der Waals surface area contributed by atoms with Crippen molar-refractivity contribution in [1.82, 2.24) is 4.57 Å². The lowest BCUT2D eigenvalue weighted by atomic mass is 9.95. The monoisotopic (exact) mass is 487 g/mol. The van der Waals surface area contributed by atoms with E-state index in [1.807, 2.05) is 85.1 Å². The predicted molar refractivity (Wildman–Crippen MR) is 136 cm³/mol. The fourth-order valence-corrected chi connectivity index (χ4v) is 5.73. The van der Waals surface area contributed by atoms with Crippen molar-refractivity contribution in [3.8, 4) is 5.75 Å². The number of ether oxygens (including phenoxy) is 1. The molecule has 0 bridgehead atoms. The van der Waals surface area contributed by atoms with Gasteiger partial charge in [0, 0.05) is 10.6 Å². The van der Waals surface area contributed by atoms with Gasteiger partial charge in [-0.2, -0.15) is 0 Å². The first-order valence-electron chi connectivity index (χ1n) is 10.6. The highest BCUT2D eigenvalue weighted by atomic mass is 32.1. The van der Waals surface area contributed by atoms with Gasteiger partial charge in [-0.05, 0) is 54.3 Å². The smallest absolute Gasteiger partial charge is 0.271 e. The fourth-order valence-electron chi connectivity index (χ4n) is 3.96. The zero-order valence-electron chi connectivity index (χ0n) is 18.5. The highest BCUT2D eigenvalue weighted by Crippen LogP contribution is 2.32. The van der Waals surface area contributed by atoms with Crippen LogP contribution in [0.15, 0.2) is 93.2 Å². The van der Waals surface area contributed by atoms with Crippen molar-refractivity contribution in [2.24, 2.45) is 4.99 Å². The van der Waals surface area contributed by atoms with Gasteiger partial charge in [-0.1, -0.05) is 47.7 Å². The number of methoxy groups -OCH3 is 1. The molecular formula is C26H21N3O3S2. The van der Waals surface area contributed by atoms with E-state index < -0.39 is 6.04 Å². The van der Waals surface area contributed by atoms with Gasteiger partial charge in [-0.25, -0.2) is 4.99 Å². The molecule has 34 heavy (non-hydrogen) atoms. The van der Waals surface area contributed by atoms with Gasteiger partial charge in [0.25, 0.3) is 11.5 Å². The summed E-state index contributed by atoms with van der Waals surface area (Å²) in [7, 11) is 1.59. The van der Waals surface area contributed by atoms with Crippen LogP contribution in [0.5, 0.6) is 5.75 Å². The second-order valence-electron chi connectivity index (χ2n) is 7.69. The number of nitrogens with one attached hydrogen (secondary N) is 1. The number of benzene rings is 2. The summed E-state index contributed by atoms with van der Waals surface area (Å²) in [4.78, 5) is 33.4. The van der Waals surface area contributed by atoms with Crippen LogP contribution in [0.1, 0.15) is 23.4 Å². The largest absolute Gasteiger partial charge is 0.497 e. The van der Waals surface area contributed by atoms with Gasteiger partial charge in [0.05, 0.1) is 29.0 Å². The van der Waals surface area contributed by atoms with Crippen molar-refractivity contribution >= 4 is 40.3 Å². The third-order valence-corrected chi connectivity index (χ3v) is 7.33. The third-order valence-electron chi connectivity index (χ3n) is 5.52. The molecule has 1 N–H and O–H groups in total. The Bertz CT molecular complexity index is 1570. The molecule has 3 heterocycles. The number of anilines is 1. The quantitative estimate of drug-likeness (QED) is 0.463. The number of carbonyl (C=O) groups is 1. The Morgan fingerprint density at radius 3 is 2.68 bits per heavy atom. The lowest BCUT2D eigenvalue weighted by molar-refractivity contribution is -0.113.